The highest BCUT2D eigenvalue weighted by Gasteiger charge is 2.17. The Bertz CT molecular complexity index is 391. The van der Waals surface area contributed by atoms with Gasteiger partial charge in [0.05, 0.1) is 7.11 Å². The van der Waals surface area contributed by atoms with E-state index in [9.17, 15) is 4.79 Å². The van der Waals surface area contributed by atoms with E-state index >= 15 is 0 Å². The lowest BCUT2D eigenvalue weighted by molar-refractivity contribution is 0.0918. The highest BCUT2D eigenvalue weighted by molar-refractivity contribution is 5.85. The van der Waals surface area contributed by atoms with Crippen LogP contribution in [0.15, 0.2) is 24.3 Å². The maximum absolute atomic E-state index is 11.7. The summed E-state index contributed by atoms with van der Waals surface area (Å²) in [6.07, 6.45) is -0.243. The van der Waals surface area contributed by atoms with Crippen molar-refractivity contribution in [1.29, 1.82) is 0 Å². The van der Waals surface area contributed by atoms with E-state index in [1.165, 1.54) is 0 Å². The van der Waals surface area contributed by atoms with Gasteiger partial charge in [0, 0.05) is 26.2 Å². The van der Waals surface area contributed by atoms with E-state index in [0.29, 0.717) is 19.7 Å². The molecule has 6 heteroatoms. The molecule has 0 aliphatic carbocycles. The van der Waals surface area contributed by atoms with Crippen LogP contribution in [0.3, 0.4) is 0 Å². The third kappa shape index (κ3) is 4.61. The number of piperazine rings is 1. The molecule has 1 heterocycles. The number of ether oxygens (including phenoxy) is 2. The molecule has 5 nitrogen and oxygen atoms in total. The predicted octanol–water partition coefficient (Wildman–Crippen LogP) is 1.66. The van der Waals surface area contributed by atoms with E-state index in [1.54, 1.807) is 12.0 Å². The summed E-state index contributed by atoms with van der Waals surface area (Å²) in [7, 11) is 1.62. The van der Waals surface area contributed by atoms with Gasteiger partial charge in [0.25, 0.3) is 0 Å². The van der Waals surface area contributed by atoms with E-state index in [-0.39, 0.29) is 18.5 Å². The van der Waals surface area contributed by atoms with Gasteiger partial charge in [0.2, 0.25) is 0 Å². The van der Waals surface area contributed by atoms with E-state index in [4.69, 9.17) is 9.47 Å². The summed E-state index contributed by atoms with van der Waals surface area (Å²) >= 11 is 0. The highest BCUT2D eigenvalue weighted by atomic mass is 35.5. The Morgan fingerprint density at radius 2 is 1.89 bits per heavy atom. The molecule has 1 saturated heterocycles. The normalized spacial score (nSPS) is 14.5. The molecule has 106 valence electrons. The molecule has 19 heavy (non-hydrogen) atoms. The van der Waals surface area contributed by atoms with Crippen molar-refractivity contribution in [2.45, 2.75) is 6.61 Å². The standard InChI is InChI=1S/C13H18N2O3.ClH/c1-17-12-4-2-11(3-5-12)10-18-13(16)15-8-6-14-7-9-15;/h2-5,14H,6-10H2,1H3;1H. The Morgan fingerprint density at radius 1 is 1.26 bits per heavy atom. The van der Waals surface area contributed by atoms with Gasteiger partial charge in [-0.25, -0.2) is 4.79 Å². The molecule has 1 aliphatic heterocycles. The lowest BCUT2D eigenvalue weighted by Gasteiger charge is -2.26. The minimum Gasteiger partial charge on any atom is -0.497 e. The first kappa shape index (κ1) is 15.6. The molecule has 0 saturated carbocycles. The van der Waals surface area contributed by atoms with Crippen LogP contribution in [-0.4, -0.2) is 44.3 Å². The number of hydrogen-bond donors (Lipinski definition) is 1. The molecule has 0 spiro atoms. The second-order valence-corrected chi connectivity index (χ2v) is 4.14. The minimum absolute atomic E-state index is 0. The largest absolute Gasteiger partial charge is 0.497 e. The molecule has 1 N–H and O–H groups in total. The Hall–Kier alpha value is -1.46. The number of carbonyl (C=O) groups excluding carboxylic acids is 1. The number of amides is 1. The molecule has 1 aliphatic rings. The summed E-state index contributed by atoms with van der Waals surface area (Å²) in [4.78, 5) is 13.5. The first-order valence-electron chi connectivity index (χ1n) is 6.05. The number of methoxy groups -OCH3 is 1. The number of rotatable bonds is 3. The van der Waals surface area contributed by atoms with E-state index in [0.717, 1.165) is 24.4 Å². The molecule has 1 amide bonds. The Balaban J connectivity index is 0.00000180. The van der Waals surface area contributed by atoms with Gasteiger partial charge in [0.15, 0.2) is 0 Å². The second kappa shape index (κ2) is 7.86. The molecular weight excluding hydrogens is 268 g/mol. The number of carbonyl (C=O) groups is 1. The number of nitrogens with one attached hydrogen (secondary N) is 1. The Morgan fingerprint density at radius 3 is 2.47 bits per heavy atom. The number of halogens is 1. The summed E-state index contributed by atoms with van der Waals surface area (Å²) < 4.78 is 10.3. The number of hydrogen-bond acceptors (Lipinski definition) is 4. The fraction of sp³-hybridized carbons (Fsp3) is 0.462. The van der Waals surface area contributed by atoms with Crippen LogP contribution >= 0.6 is 12.4 Å². The summed E-state index contributed by atoms with van der Waals surface area (Å²) in [5.74, 6) is 0.798. The fourth-order valence-corrected chi connectivity index (χ4v) is 1.81. The van der Waals surface area contributed by atoms with Crippen molar-refractivity contribution in [3.63, 3.8) is 0 Å². The van der Waals surface area contributed by atoms with Crippen molar-refractivity contribution >= 4 is 18.5 Å². The Labute approximate surface area is 119 Å². The lowest BCUT2D eigenvalue weighted by atomic mass is 10.2. The highest BCUT2D eigenvalue weighted by Crippen LogP contribution is 2.12. The molecule has 0 aromatic heterocycles. The van der Waals surface area contributed by atoms with E-state index < -0.39 is 0 Å². The van der Waals surface area contributed by atoms with Crippen LogP contribution < -0.4 is 10.1 Å². The van der Waals surface area contributed by atoms with Gasteiger partial charge in [-0.3, -0.25) is 0 Å². The smallest absolute Gasteiger partial charge is 0.410 e. The van der Waals surface area contributed by atoms with Crippen molar-refractivity contribution in [3.8, 4) is 5.75 Å². The fourth-order valence-electron chi connectivity index (χ4n) is 1.81. The predicted molar refractivity (Wildman–Crippen MR) is 74.9 cm³/mol. The summed E-state index contributed by atoms with van der Waals surface area (Å²) in [6.45, 7) is 3.38. The van der Waals surface area contributed by atoms with Gasteiger partial charge >= 0.3 is 6.09 Å². The van der Waals surface area contributed by atoms with Crippen LogP contribution in [-0.2, 0) is 11.3 Å². The van der Waals surface area contributed by atoms with Gasteiger partial charge < -0.3 is 19.7 Å². The number of benzene rings is 1. The van der Waals surface area contributed by atoms with Crippen LogP contribution in [0.2, 0.25) is 0 Å². The van der Waals surface area contributed by atoms with Crippen LogP contribution in [0, 0.1) is 0 Å². The summed E-state index contributed by atoms with van der Waals surface area (Å²) in [5, 5.41) is 3.19. The molecule has 0 unspecified atom stereocenters. The van der Waals surface area contributed by atoms with Crippen molar-refractivity contribution in [3.05, 3.63) is 29.8 Å². The average molecular weight is 287 g/mol. The van der Waals surface area contributed by atoms with E-state index in [2.05, 4.69) is 5.32 Å². The zero-order chi connectivity index (χ0) is 12.8. The molecule has 1 aromatic rings. The van der Waals surface area contributed by atoms with Gasteiger partial charge in [0.1, 0.15) is 12.4 Å². The maximum Gasteiger partial charge on any atom is 0.410 e. The zero-order valence-corrected chi connectivity index (χ0v) is 11.7. The molecular formula is C13H19ClN2O3. The third-order valence-electron chi connectivity index (χ3n) is 2.90. The average Bonchev–Trinajstić information content (AvgIpc) is 2.46. The van der Waals surface area contributed by atoms with Crippen molar-refractivity contribution in [2.24, 2.45) is 0 Å². The minimum atomic E-state index is -0.243. The first-order valence-corrected chi connectivity index (χ1v) is 6.05. The topological polar surface area (TPSA) is 50.8 Å². The summed E-state index contributed by atoms with van der Waals surface area (Å²) in [6, 6.07) is 7.50. The van der Waals surface area contributed by atoms with Gasteiger partial charge in [-0.15, -0.1) is 12.4 Å². The molecule has 0 bridgehead atoms. The van der Waals surface area contributed by atoms with Crippen LogP contribution in [0.4, 0.5) is 4.79 Å². The second-order valence-electron chi connectivity index (χ2n) is 4.14. The van der Waals surface area contributed by atoms with Crippen LogP contribution in [0.25, 0.3) is 0 Å². The Kier molecular flexibility index (Phi) is 6.45. The van der Waals surface area contributed by atoms with Crippen molar-refractivity contribution in [1.82, 2.24) is 10.2 Å². The molecule has 0 atom stereocenters. The SMILES string of the molecule is COc1ccc(COC(=O)N2CCNCC2)cc1.Cl. The van der Waals surface area contributed by atoms with Crippen LogP contribution in [0.5, 0.6) is 5.75 Å². The third-order valence-corrected chi connectivity index (χ3v) is 2.90. The quantitative estimate of drug-likeness (QED) is 0.918. The molecule has 0 radical (unpaired) electrons. The monoisotopic (exact) mass is 286 g/mol. The van der Waals surface area contributed by atoms with Gasteiger partial charge in [-0.2, -0.15) is 0 Å². The molecule has 1 fully saturated rings. The van der Waals surface area contributed by atoms with Crippen LogP contribution in [0.1, 0.15) is 5.56 Å². The zero-order valence-electron chi connectivity index (χ0n) is 10.9. The first-order chi connectivity index (χ1) is 8.79. The van der Waals surface area contributed by atoms with Gasteiger partial charge in [-0.05, 0) is 17.7 Å². The van der Waals surface area contributed by atoms with Crippen molar-refractivity contribution in [2.75, 3.05) is 33.3 Å². The molecule has 1 aromatic carbocycles. The molecule has 2 rings (SSSR count). The van der Waals surface area contributed by atoms with Crippen molar-refractivity contribution < 1.29 is 14.3 Å². The number of nitrogens with zero attached hydrogens (tertiary/aromatic N) is 1. The van der Waals surface area contributed by atoms with Gasteiger partial charge in [-0.1, -0.05) is 12.1 Å². The maximum atomic E-state index is 11.7. The summed E-state index contributed by atoms with van der Waals surface area (Å²) in [5.41, 5.74) is 0.958. The lowest BCUT2D eigenvalue weighted by Crippen LogP contribution is -2.46. The van der Waals surface area contributed by atoms with E-state index in [1.807, 2.05) is 24.3 Å².